The Morgan fingerprint density at radius 2 is 1.94 bits per heavy atom. The van der Waals surface area contributed by atoms with E-state index >= 15 is 0 Å². The van der Waals surface area contributed by atoms with E-state index in [1.807, 2.05) is 30.3 Å². The lowest BCUT2D eigenvalue weighted by atomic mass is 10.2. The normalized spacial score (nSPS) is 11.2. The molecular formula is C22H14Cl2FN3O2S. The number of benzene rings is 3. The number of aromatic nitrogens is 1. The van der Waals surface area contributed by atoms with Crippen molar-refractivity contribution in [2.24, 2.45) is 5.10 Å². The summed E-state index contributed by atoms with van der Waals surface area (Å²) in [5, 5.41) is 6.49. The van der Waals surface area contributed by atoms with Crippen molar-refractivity contribution >= 4 is 62.0 Å². The lowest BCUT2D eigenvalue weighted by Gasteiger charge is -2.15. The lowest BCUT2D eigenvalue weighted by molar-refractivity contribution is -0.120. The van der Waals surface area contributed by atoms with Gasteiger partial charge in [-0.15, -0.1) is 0 Å². The summed E-state index contributed by atoms with van der Waals surface area (Å²) in [4.78, 5) is 17.4. The number of amides is 1. The zero-order valence-electron chi connectivity index (χ0n) is 15.8. The number of hydrazone groups is 1. The monoisotopic (exact) mass is 473 g/mol. The SMILES string of the molecule is O=C(COc1ccc(Cl)cc1Cl)N(/N=C/c1ccccc1)c1nc2ccc(F)cc2s1. The van der Waals surface area contributed by atoms with Gasteiger partial charge in [0.2, 0.25) is 5.13 Å². The fourth-order valence-corrected chi connectivity index (χ4v) is 4.08. The number of rotatable bonds is 6. The van der Waals surface area contributed by atoms with E-state index in [2.05, 4.69) is 10.1 Å². The summed E-state index contributed by atoms with van der Waals surface area (Å²) < 4.78 is 19.7. The molecule has 5 nitrogen and oxygen atoms in total. The van der Waals surface area contributed by atoms with Crippen molar-refractivity contribution in [1.82, 2.24) is 4.98 Å². The van der Waals surface area contributed by atoms with Crippen molar-refractivity contribution < 1.29 is 13.9 Å². The molecule has 1 amide bonds. The first-order valence-corrected chi connectivity index (χ1v) is 10.6. The standard InChI is InChI=1S/C22H14Cl2FN3O2S/c23-15-6-9-19(17(24)10-15)30-13-21(29)28(26-12-14-4-2-1-3-5-14)22-27-18-8-7-16(25)11-20(18)31-22/h1-12H,13H2/b26-12+. The second-order valence-corrected chi connectivity index (χ2v) is 8.19. The van der Waals surface area contributed by atoms with Gasteiger partial charge in [-0.2, -0.15) is 10.1 Å². The second-order valence-electron chi connectivity index (χ2n) is 6.33. The highest BCUT2D eigenvalue weighted by molar-refractivity contribution is 7.22. The van der Waals surface area contributed by atoms with Crippen LogP contribution in [-0.4, -0.2) is 23.7 Å². The van der Waals surface area contributed by atoms with Crippen molar-refractivity contribution in [3.63, 3.8) is 0 Å². The Balaban J connectivity index is 1.62. The summed E-state index contributed by atoms with van der Waals surface area (Å²) in [6.07, 6.45) is 1.54. The molecule has 0 radical (unpaired) electrons. The van der Waals surface area contributed by atoms with Crippen LogP contribution in [0.15, 0.2) is 71.8 Å². The number of nitrogens with zero attached hydrogens (tertiary/aromatic N) is 3. The first kappa shape index (κ1) is 21.2. The highest BCUT2D eigenvalue weighted by Gasteiger charge is 2.20. The molecule has 3 aromatic carbocycles. The molecule has 0 atom stereocenters. The quantitative estimate of drug-likeness (QED) is 0.247. The van der Waals surface area contributed by atoms with Crippen LogP contribution < -0.4 is 9.75 Å². The highest BCUT2D eigenvalue weighted by Crippen LogP contribution is 2.31. The Labute approximate surface area is 191 Å². The Bertz CT molecular complexity index is 1260. The third-order valence-electron chi connectivity index (χ3n) is 4.12. The summed E-state index contributed by atoms with van der Waals surface area (Å²) in [6, 6.07) is 18.3. The number of carbonyl (C=O) groups excluding carboxylic acids is 1. The Hall–Kier alpha value is -3.00. The summed E-state index contributed by atoms with van der Waals surface area (Å²) in [7, 11) is 0. The van der Waals surface area contributed by atoms with Gasteiger partial charge < -0.3 is 4.74 Å². The number of hydrogen-bond donors (Lipinski definition) is 0. The predicted octanol–water partition coefficient (Wildman–Crippen LogP) is 6.19. The molecule has 1 heterocycles. The molecule has 4 aromatic rings. The van der Waals surface area contributed by atoms with Crippen LogP contribution in [0.5, 0.6) is 5.75 Å². The van der Waals surface area contributed by atoms with Crippen LogP contribution in [0, 0.1) is 5.82 Å². The number of ether oxygens (including phenoxy) is 1. The largest absolute Gasteiger partial charge is 0.482 e. The number of anilines is 1. The van der Waals surface area contributed by atoms with Crippen LogP contribution in [0.3, 0.4) is 0 Å². The van der Waals surface area contributed by atoms with Gasteiger partial charge in [0.05, 0.1) is 21.5 Å². The average Bonchev–Trinajstić information content (AvgIpc) is 3.16. The molecule has 156 valence electrons. The molecule has 0 bridgehead atoms. The van der Waals surface area contributed by atoms with Crippen LogP contribution in [0.2, 0.25) is 10.0 Å². The minimum atomic E-state index is -0.474. The van der Waals surface area contributed by atoms with Gasteiger partial charge in [0.15, 0.2) is 6.61 Å². The van der Waals surface area contributed by atoms with E-state index in [1.165, 1.54) is 18.2 Å². The van der Waals surface area contributed by atoms with Crippen LogP contribution >= 0.6 is 34.5 Å². The van der Waals surface area contributed by atoms with E-state index in [1.54, 1.807) is 24.4 Å². The van der Waals surface area contributed by atoms with Gasteiger partial charge in [0, 0.05) is 5.02 Å². The number of thiazole rings is 1. The number of fused-ring (bicyclic) bond motifs is 1. The molecule has 9 heteroatoms. The summed E-state index contributed by atoms with van der Waals surface area (Å²) in [5.74, 6) is -0.537. The molecule has 4 rings (SSSR count). The van der Waals surface area contributed by atoms with Crippen LogP contribution in [0.4, 0.5) is 9.52 Å². The molecule has 0 aliphatic heterocycles. The van der Waals surface area contributed by atoms with Gasteiger partial charge in [-0.3, -0.25) is 4.79 Å². The summed E-state index contributed by atoms with van der Waals surface area (Å²) in [6.45, 7) is -0.336. The minimum Gasteiger partial charge on any atom is -0.482 e. The smallest absolute Gasteiger partial charge is 0.287 e. The molecule has 0 aliphatic carbocycles. The fraction of sp³-hybridized carbons (Fsp3) is 0.0455. The van der Waals surface area contributed by atoms with E-state index in [4.69, 9.17) is 27.9 Å². The molecular weight excluding hydrogens is 460 g/mol. The number of carbonyl (C=O) groups is 1. The van der Waals surface area contributed by atoms with E-state index in [9.17, 15) is 9.18 Å². The van der Waals surface area contributed by atoms with Gasteiger partial charge in [-0.05, 0) is 42.0 Å². The molecule has 0 aliphatic rings. The highest BCUT2D eigenvalue weighted by atomic mass is 35.5. The van der Waals surface area contributed by atoms with Gasteiger partial charge >= 0.3 is 0 Å². The molecule has 1 aromatic heterocycles. The van der Waals surface area contributed by atoms with Crippen LogP contribution in [0.25, 0.3) is 10.2 Å². The lowest BCUT2D eigenvalue weighted by Crippen LogP contribution is -2.30. The van der Waals surface area contributed by atoms with Crippen LogP contribution in [0.1, 0.15) is 5.56 Å². The maximum atomic E-state index is 13.6. The average molecular weight is 474 g/mol. The van der Waals surface area contributed by atoms with Crippen molar-refractivity contribution in [3.05, 3.63) is 88.2 Å². The Morgan fingerprint density at radius 3 is 2.71 bits per heavy atom. The van der Waals surface area contributed by atoms with Gasteiger partial charge in [-0.25, -0.2) is 9.37 Å². The third-order valence-corrected chi connectivity index (χ3v) is 5.65. The van der Waals surface area contributed by atoms with E-state index < -0.39 is 5.91 Å². The van der Waals surface area contributed by atoms with Gasteiger partial charge in [0.1, 0.15) is 11.6 Å². The van der Waals surface area contributed by atoms with Crippen molar-refractivity contribution in [2.45, 2.75) is 0 Å². The summed E-state index contributed by atoms with van der Waals surface area (Å²) in [5.41, 5.74) is 1.37. The Morgan fingerprint density at radius 1 is 1.13 bits per heavy atom. The van der Waals surface area contributed by atoms with E-state index in [-0.39, 0.29) is 17.4 Å². The van der Waals surface area contributed by atoms with Crippen molar-refractivity contribution in [2.75, 3.05) is 11.6 Å². The first-order valence-electron chi connectivity index (χ1n) is 9.05. The zero-order valence-corrected chi connectivity index (χ0v) is 18.2. The molecule has 0 spiro atoms. The number of hydrogen-bond acceptors (Lipinski definition) is 5. The minimum absolute atomic E-state index is 0.287. The molecule has 0 fully saturated rings. The molecule has 0 N–H and O–H groups in total. The van der Waals surface area contributed by atoms with Crippen molar-refractivity contribution in [3.8, 4) is 5.75 Å². The Kier molecular flexibility index (Phi) is 6.46. The molecule has 0 saturated carbocycles. The van der Waals surface area contributed by atoms with Crippen molar-refractivity contribution in [1.29, 1.82) is 0 Å². The fourth-order valence-electron chi connectivity index (χ4n) is 2.65. The summed E-state index contributed by atoms with van der Waals surface area (Å²) >= 11 is 13.2. The third kappa shape index (κ3) is 5.19. The predicted molar refractivity (Wildman–Crippen MR) is 123 cm³/mol. The molecule has 31 heavy (non-hydrogen) atoms. The molecule has 0 unspecified atom stereocenters. The van der Waals surface area contributed by atoms with Gasteiger partial charge in [0.25, 0.3) is 5.91 Å². The van der Waals surface area contributed by atoms with E-state index in [0.29, 0.717) is 26.1 Å². The number of halogens is 3. The van der Waals surface area contributed by atoms with E-state index in [0.717, 1.165) is 21.9 Å². The topological polar surface area (TPSA) is 54.8 Å². The maximum absolute atomic E-state index is 13.6. The van der Waals surface area contributed by atoms with Gasteiger partial charge in [-0.1, -0.05) is 64.9 Å². The first-order chi connectivity index (χ1) is 15.0. The zero-order chi connectivity index (χ0) is 21.8. The second kappa shape index (κ2) is 9.43. The molecule has 0 saturated heterocycles. The maximum Gasteiger partial charge on any atom is 0.287 e. The van der Waals surface area contributed by atoms with Crippen LogP contribution in [-0.2, 0) is 4.79 Å².